The number of halogens is 2. The molecule has 0 radical (unpaired) electrons. The Morgan fingerprint density at radius 3 is 2.41 bits per heavy atom. The summed E-state index contributed by atoms with van der Waals surface area (Å²) < 4.78 is 38.4. The van der Waals surface area contributed by atoms with Crippen molar-refractivity contribution in [1.29, 1.82) is 0 Å². The first kappa shape index (κ1) is 18.7. The van der Waals surface area contributed by atoms with Crippen LogP contribution in [0.15, 0.2) is 18.2 Å². The maximum absolute atomic E-state index is 13.9. The first-order valence-electron chi connectivity index (χ1n) is 6.74. The van der Waals surface area contributed by atoms with Gasteiger partial charge in [-0.3, -0.25) is 9.10 Å². The molecule has 8 heteroatoms. The Hall–Kier alpha value is -1.34. The molecule has 0 saturated heterocycles. The van der Waals surface area contributed by atoms with Gasteiger partial charge in [-0.15, -0.1) is 0 Å². The number of carbonyl (C=O) groups excluding carboxylic acids is 1. The Bertz CT molecular complexity index is 649. The van der Waals surface area contributed by atoms with E-state index >= 15 is 0 Å². The van der Waals surface area contributed by atoms with E-state index in [1.54, 1.807) is 0 Å². The van der Waals surface area contributed by atoms with E-state index in [2.05, 4.69) is 5.32 Å². The van der Waals surface area contributed by atoms with Crippen LogP contribution in [-0.4, -0.2) is 33.2 Å². The molecule has 0 bridgehead atoms. The van der Waals surface area contributed by atoms with E-state index in [1.807, 2.05) is 20.8 Å². The van der Waals surface area contributed by atoms with Gasteiger partial charge >= 0.3 is 0 Å². The Kier molecular flexibility index (Phi) is 6.19. The standard InChI is InChI=1S/C14H20ClFN2O3S/c1-9(2)10(3)17-14(19)8-18(22(4,20)21)13-6-5-11(15)7-12(13)16/h5-7,9-10H,8H2,1-4H3,(H,17,19). The first-order chi connectivity index (χ1) is 10.0. The third-order valence-corrected chi connectivity index (χ3v) is 4.62. The van der Waals surface area contributed by atoms with Gasteiger partial charge in [0.05, 0.1) is 11.9 Å². The summed E-state index contributed by atoms with van der Waals surface area (Å²) in [6, 6.07) is 3.48. The smallest absolute Gasteiger partial charge is 0.240 e. The molecule has 0 fully saturated rings. The van der Waals surface area contributed by atoms with E-state index in [-0.39, 0.29) is 22.7 Å². The van der Waals surface area contributed by atoms with Gasteiger partial charge in [-0.2, -0.15) is 0 Å². The third kappa shape index (κ3) is 5.14. The van der Waals surface area contributed by atoms with Crippen LogP contribution in [0.25, 0.3) is 0 Å². The number of anilines is 1. The lowest BCUT2D eigenvalue weighted by molar-refractivity contribution is -0.120. The maximum Gasteiger partial charge on any atom is 0.240 e. The van der Waals surface area contributed by atoms with Gasteiger partial charge in [0, 0.05) is 11.1 Å². The molecular formula is C14H20ClFN2O3S. The molecule has 22 heavy (non-hydrogen) atoms. The zero-order chi connectivity index (χ0) is 17.1. The molecule has 0 aliphatic carbocycles. The minimum atomic E-state index is -3.82. The van der Waals surface area contributed by atoms with Crippen molar-refractivity contribution in [2.45, 2.75) is 26.8 Å². The highest BCUT2D eigenvalue weighted by Crippen LogP contribution is 2.24. The summed E-state index contributed by atoms with van der Waals surface area (Å²) in [5.74, 6) is -1.11. The zero-order valence-corrected chi connectivity index (χ0v) is 14.5. The van der Waals surface area contributed by atoms with Crippen LogP contribution in [-0.2, 0) is 14.8 Å². The van der Waals surface area contributed by atoms with Crippen LogP contribution in [0.4, 0.5) is 10.1 Å². The van der Waals surface area contributed by atoms with Crippen molar-refractivity contribution in [2.24, 2.45) is 5.92 Å². The van der Waals surface area contributed by atoms with Gasteiger partial charge in [0.25, 0.3) is 0 Å². The lowest BCUT2D eigenvalue weighted by Gasteiger charge is -2.24. The zero-order valence-electron chi connectivity index (χ0n) is 12.9. The minimum absolute atomic E-state index is 0.121. The number of hydrogen-bond donors (Lipinski definition) is 1. The van der Waals surface area contributed by atoms with Crippen molar-refractivity contribution in [2.75, 3.05) is 17.1 Å². The second-order valence-corrected chi connectivity index (χ2v) is 7.81. The summed E-state index contributed by atoms with van der Waals surface area (Å²) in [5.41, 5.74) is -0.209. The fourth-order valence-electron chi connectivity index (χ4n) is 1.66. The molecule has 1 aromatic rings. The van der Waals surface area contributed by atoms with E-state index in [4.69, 9.17) is 11.6 Å². The number of amides is 1. The number of nitrogens with zero attached hydrogens (tertiary/aromatic N) is 1. The van der Waals surface area contributed by atoms with Gasteiger partial charge in [0.2, 0.25) is 15.9 Å². The van der Waals surface area contributed by atoms with Gasteiger partial charge in [0.15, 0.2) is 0 Å². The van der Waals surface area contributed by atoms with Gasteiger partial charge < -0.3 is 5.32 Å². The Labute approximate surface area is 135 Å². The van der Waals surface area contributed by atoms with E-state index in [0.717, 1.165) is 16.6 Å². The van der Waals surface area contributed by atoms with Gasteiger partial charge in [-0.05, 0) is 31.0 Å². The summed E-state index contributed by atoms with van der Waals surface area (Å²) in [6.45, 7) is 5.18. The van der Waals surface area contributed by atoms with Crippen LogP contribution in [0.1, 0.15) is 20.8 Å². The van der Waals surface area contributed by atoms with Crippen LogP contribution in [0, 0.1) is 11.7 Å². The van der Waals surface area contributed by atoms with Crippen LogP contribution in [0.3, 0.4) is 0 Å². The predicted molar refractivity (Wildman–Crippen MR) is 86.0 cm³/mol. The SMILES string of the molecule is CC(C)C(C)NC(=O)CN(c1ccc(Cl)cc1F)S(C)(=O)=O. The molecule has 0 aliphatic heterocycles. The number of hydrogen-bond acceptors (Lipinski definition) is 3. The van der Waals surface area contributed by atoms with Crippen LogP contribution in [0.2, 0.25) is 5.02 Å². The average Bonchev–Trinajstić information content (AvgIpc) is 2.35. The van der Waals surface area contributed by atoms with Crippen molar-refractivity contribution in [3.63, 3.8) is 0 Å². The lowest BCUT2D eigenvalue weighted by atomic mass is 10.1. The molecule has 0 spiro atoms. The fraction of sp³-hybridized carbons (Fsp3) is 0.500. The van der Waals surface area contributed by atoms with Gasteiger partial charge in [-0.1, -0.05) is 25.4 Å². The van der Waals surface area contributed by atoms with Crippen molar-refractivity contribution < 1.29 is 17.6 Å². The molecule has 1 unspecified atom stereocenters. The summed E-state index contributed by atoms with van der Waals surface area (Å²) in [6.07, 6.45) is 0.917. The largest absolute Gasteiger partial charge is 0.352 e. The van der Waals surface area contributed by atoms with Crippen LogP contribution >= 0.6 is 11.6 Å². The van der Waals surface area contributed by atoms with Crippen LogP contribution < -0.4 is 9.62 Å². The highest BCUT2D eigenvalue weighted by molar-refractivity contribution is 7.92. The van der Waals surface area contributed by atoms with Crippen molar-refractivity contribution in [3.05, 3.63) is 29.0 Å². The molecule has 0 aliphatic rings. The maximum atomic E-state index is 13.9. The summed E-state index contributed by atoms with van der Waals surface area (Å²) >= 11 is 5.66. The van der Waals surface area contributed by atoms with Gasteiger partial charge in [0.1, 0.15) is 12.4 Å². The Morgan fingerprint density at radius 1 is 1.36 bits per heavy atom. The lowest BCUT2D eigenvalue weighted by Crippen LogP contribution is -2.44. The van der Waals surface area contributed by atoms with E-state index in [9.17, 15) is 17.6 Å². The molecule has 5 nitrogen and oxygen atoms in total. The normalized spacial score (nSPS) is 13.0. The highest BCUT2D eigenvalue weighted by Gasteiger charge is 2.24. The number of nitrogens with one attached hydrogen (secondary N) is 1. The van der Waals surface area contributed by atoms with Crippen molar-refractivity contribution in [1.82, 2.24) is 5.32 Å². The quantitative estimate of drug-likeness (QED) is 0.856. The topological polar surface area (TPSA) is 66.5 Å². The summed E-state index contributed by atoms with van der Waals surface area (Å²) in [4.78, 5) is 12.0. The third-order valence-electron chi connectivity index (χ3n) is 3.25. The fourth-order valence-corrected chi connectivity index (χ4v) is 2.68. The molecule has 0 heterocycles. The molecule has 0 saturated carbocycles. The minimum Gasteiger partial charge on any atom is -0.352 e. The summed E-state index contributed by atoms with van der Waals surface area (Å²) in [7, 11) is -3.82. The monoisotopic (exact) mass is 350 g/mol. The summed E-state index contributed by atoms with van der Waals surface area (Å²) in [5, 5.41) is 2.83. The van der Waals surface area contributed by atoms with Crippen molar-refractivity contribution >= 4 is 33.2 Å². The Morgan fingerprint density at radius 2 is 1.95 bits per heavy atom. The molecule has 0 aromatic heterocycles. The van der Waals surface area contributed by atoms with E-state index < -0.39 is 28.3 Å². The first-order valence-corrected chi connectivity index (χ1v) is 8.97. The predicted octanol–water partition coefficient (Wildman–Crippen LogP) is 2.41. The molecule has 1 N–H and O–H groups in total. The highest BCUT2D eigenvalue weighted by atomic mass is 35.5. The molecule has 1 aromatic carbocycles. The molecule has 1 rings (SSSR count). The second kappa shape index (κ2) is 7.28. The Balaban J connectivity index is 3.03. The number of carbonyl (C=O) groups is 1. The molecule has 124 valence electrons. The van der Waals surface area contributed by atoms with E-state index in [1.165, 1.54) is 12.1 Å². The molecule has 1 atom stereocenters. The number of rotatable bonds is 6. The van der Waals surface area contributed by atoms with Gasteiger partial charge in [-0.25, -0.2) is 12.8 Å². The van der Waals surface area contributed by atoms with E-state index in [0.29, 0.717) is 0 Å². The number of benzene rings is 1. The average molecular weight is 351 g/mol. The second-order valence-electron chi connectivity index (χ2n) is 5.47. The van der Waals surface area contributed by atoms with Crippen LogP contribution in [0.5, 0.6) is 0 Å². The number of sulfonamides is 1. The molecule has 1 amide bonds. The van der Waals surface area contributed by atoms with Crippen molar-refractivity contribution in [3.8, 4) is 0 Å². The molecular weight excluding hydrogens is 331 g/mol.